The fourth-order valence-corrected chi connectivity index (χ4v) is 1.42. The maximum Gasteiger partial charge on any atom is 0.176 e. The molecule has 0 aliphatic carbocycles. The minimum atomic E-state index is -0.119. The lowest BCUT2D eigenvalue weighted by molar-refractivity contribution is 0.0987. The predicted molar refractivity (Wildman–Crippen MR) is 58.9 cm³/mol. The van der Waals surface area contributed by atoms with Gasteiger partial charge in [0.25, 0.3) is 0 Å². The van der Waals surface area contributed by atoms with Gasteiger partial charge in [0, 0.05) is 12.0 Å². The van der Waals surface area contributed by atoms with Gasteiger partial charge in [0.05, 0.1) is 11.6 Å². The van der Waals surface area contributed by atoms with E-state index in [2.05, 4.69) is 0 Å². The molecule has 1 aromatic rings. The molecule has 0 saturated carbocycles. The first-order chi connectivity index (χ1) is 7.10. The number of phenolic OH excluding ortho intramolecular Hbond substituents is 1. The Morgan fingerprint density at radius 3 is 2.67 bits per heavy atom. The molecule has 0 heterocycles. The SMILES string of the molecule is CCOc1cc(C(=O)CC)cc(Cl)c1O. The molecule has 0 amide bonds. The Morgan fingerprint density at radius 1 is 1.47 bits per heavy atom. The maximum absolute atomic E-state index is 11.4. The van der Waals surface area contributed by atoms with Crippen molar-refractivity contribution in [2.45, 2.75) is 20.3 Å². The third kappa shape index (κ3) is 2.63. The summed E-state index contributed by atoms with van der Waals surface area (Å²) in [7, 11) is 0. The van der Waals surface area contributed by atoms with Crippen molar-refractivity contribution in [2.24, 2.45) is 0 Å². The highest BCUT2D eigenvalue weighted by Crippen LogP contribution is 2.35. The van der Waals surface area contributed by atoms with Crippen molar-refractivity contribution in [1.29, 1.82) is 0 Å². The van der Waals surface area contributed by atoms with Gasteiger partial charge < -0.3 is 9.84 Å². The second-order valence-corrected chi connectivity index (χ2v) is 3.42. The minimum absolute atomic E-state index is 0.0298. The van der Waals surface area contributed by atoms with Crippen molar-refractivity contribution in [1.82, 2.24) is 0 Å². The third-order valence-corrected chi connectivity index (χ3v) is 2.26. The van der Waals surface area contributed by atoms with Crippen LogP contribution < -0.4 is 4.74 Å². The van der Waals surface area contributed by atoms with Crippen LogP contribution in [-0.4, -0.2) is 17.5 Å². The zero-order valence-corrected chi connectivity index (χ0v) is 9.47. The minimum Gasteiger partial charge on any atom is -0.503 e. The van der Waals surface area contributed by atoms with E-state index in [0.717, 1.165) is 0 Å². The van der Waals surface area contributed by atoms with Crippen molar-refractivity contribution in [2.75, 3.05) is 6.61 Å². The first-order valence-electron chi connectivity index (χ1n) is 4.78. The lowest BCUT2D eigenvalue weighted by Crippen LogP contribution is -1.99. The highest BCUT2D eigenvalue weighted by molar-refractivity contribution is 6.32. The van der Waals surface area contributed by atoms with E-state index in [1.165, 1.54) is 12.1 Å². The Labute approximate surface area is 93.6 Å². The van der Waals surface area contributed by atoms with Gasteiger partial charge in [0.15, 0.2) is 17.3 Å². The number of phenols is 1. The molecule has 3 nitrogen and oxygen atoms in total. The number of benzene rings is 1. The van der Waals surface area contributed by atoms with E-state index < -0.39 is 0 Å². The fraction of sp³-hybridized carbons (Fsp3) is 0.364. The third-order valence-electron chi connectivity index (χ3n) is 1.97. The van der Waals surface area contributed by atoms with E-state index >= 15 is 0 Å². The van der Waals surface area contributed by atoms with Gasteiger partial charge in [-0.05, 0) is 19.1 Å². The molecule has 0 atom stereocenters. The van der Waals surface area contributed by atoms with Gasteiger partial charge in [-0.3, -0.25) is 4.79 Å². The van der Waals surface area contributed by atoms with E-state index in [9.17, 15) is 9.90 Å². The lowest BCUT2D eigenvalue weighted by Gasteiger charge is -2.09. The molecule has 0 aromatic heterocycles. The largest absolute Gasteiger partial charge is 0.503 e. The normalized spacial score (nSPS) is 10.1. The summed E-state index contributed by atoms with van der Waals surface area (Å²) in [6, 6.07) is 2.96. The molecule has 4 heteroatoms. The van der Waals surface area contributed by atoms with Crippen LogP contribution >= 0.6 is 11.6 Å². The van der Waals surface area contributed by atoms with Crippen LogP contribution in [0.15, 0.2) is 12.1 Å². The summed E-state index contributed by atoms with van der Waals surface area (Å²) in [6.07, 6.45) is 0.396. The standard InChI is InChI=1S/C11H13ClO3/c1-3-9(13)7-5-8(12)11(14)10(6-7)15-4-2/h5-6,14H,3-4H2,1-2H3. The Kier molecular flexibility index (Phi) is 3.97. The fourth-order valence-electron chi connectivity index (χ4n) is 1.20. The molecule has 0 spiro atoms. The Bertz CT molecular complexity index is 374. The number of aromatic hydroxyl groups is 1. The summed E-state index contributed by atoms with van der Waals surface area (Å²) in [5.74, 6) is 0.103. The van der Waals surface area contributed by atoms with E-state index in [1.807, 2.05) is 0 Å². The van der Waals surface area contributed by atoms with Crippen LogP contribution in [0.5, 0.6) is 11.5 Å². The van der Waals surface area contributed by atoms with Crippen LogP contribution in [0.3, 0.4) is 0 Å². The Balaban J connectivity index is 3.16. The number of ketones is 1. The van der Waals surface area contributed by atoms with Crippen LogP contribution in [-0.2, 0) is 0 Å². The van der Waals surface area contributed by atoms with E-state index in [1.54, 1.807) is 13.8 Å². The van der Waals surface area contributed by atoms with Crippen LogP contribution in [0.25, 0.3) is 0 Å². The number of Topliss-reactive ketones (excluding diaryl/α,β-unsaturated/α-hetero) is 1. The highest BCUT2D eigenvalue weighted by Gasteiger charge is 2.12. The second kappa shape index (κ2) is 5.03. The molecule has 1 N–H and O–H groups in total. The van der Waals surface area contributed by atoms with Gasteiger partial charge in [-0.25, -0.2) is 0 Å². The number of hydrogen-bond acceptors (Lipinski definition) is 3. The van der Waals surface area contributed by atoms with Crippen molar-refractivity contribution >= 4 is 17.4 Å². The topological polar surface area (TPSA) is 46.5 Å². The quantitative estimate of drug-likeness (QED) is 0.806. The van der Waals surface area contributed by atoms with E-state index in [4.69, 9.17) is 16.3 Å². The average Bonchev–Trinajstić information content (AvgIpc) is 2.23. The molecule has 0 aliphatic heterocycles. The van der Waals surface area contributed by atoms with Crippen LogP contribution in [0.2, 0.25) is 5.02 Å². The van der Waals surface area contributed by atoms with E-state index in [0.29, 0.717) is 18.6 Å². The number of ether oxygens (including phenoxy) is 1. The summed E-state index contributed by atoms with van der Waals surface area (Å²) >= 11 is 5.77. The molecule has 1 rings (SSSR count). The first-order valence-corrected chi connectivity index (χ1v) is 5.16. The van der Waals surface area contributed by atoms with Crippen molar-refractivity contribution in [3.8, 4) is 11.5 Å². The number of rotatable bonds is 4. The highest BCUT2D eigenvalue weighted by atomic mass is 35.5. The molecule has 1 aromatic carbocycles. The van der Waals surface area contributed by atoms with Gasteiger partial charge in [0.2, 0.25) is 0 Å². The van der Waals surface area contributed by atoms with Gasteiger partial charge in [-0.1, -0.05) is 18.5 Å². The molecule has 0 aliphatic rings. The van der Waals surface area contributed by atoms with Gasteiger partial charge in [-0.15, -0.1) is 0 Å². The number of carbonyl (C=O) groups excluding carboxylic acids is 1. The molecule has 82 valence electrons. The number of carbonyl (C=O) groups is 1. The maximum atomic E-state index is 11.4. The average molecular weight is 229 g/mol. The van der Waals surface area contributed by atoms with E-state index in [-0.39, 0.29) is 22.3 Å². The van der Waals surface area contributed by atoms with Gasteiger partial charge in [-0.2, -0.15) is 0 Å². The number of halogens is 1. The molecule has 0 saturated heterocycles. The summed E-state index contributed by atoms with van der Waals surface area (Å²) < 4.78 is 5.17. The first kappa shape index (κ1) is 11.9. The predicted octanol–water partition coefficient (Wildman–Crippen LogP) is 3.04. The van der Waals surface area contributed by atoms with Crippen LogP contribution in [0.1, 0.15) is 30.6 Å². The number of hydrogen-bond donors (Lipinski definition) is 1. The van der Waals surface area contributed by atoms with Gasteiger partial charge in [0.1, 0.15) is 0 Å². The smallest absolute Gasteiger partial charge is 0.176 e. The van der Waals surface area contributed by atoms with Crippen LogP contribution in [0.4, 0.5) is 0 Å². The van der Waals surface area contributed by atoms with Crippen molar-refractivity contribution in [3.05, 3.63) is 22.7 Å². The van der Waals surface area contributed by atoms with Gasteiger partial charge >= 0.3 is 0 Å². The molecular formula is C11H13ClO3. The molecule has 0 bridgehead atoms. The molecule has 0 fully saturated rings. The molecule has 0 radical (unpaired) electrons. The zero-order valence-electron chi connectivity index (χ0n) is 8.71. The summed E-state index contributed by atoms with van der Waals surface area (Å²) in [6.45, 7) is 3.97. The van der Waals surface area contributed by atoms with Crippen LogP contribution in [0, 0.1) is 0 Å². The Morgan fingerprint density at radius 2 is 2.13 bits per heavy atom. The monoisotopic (exact) mass is 228 g/mol. The molecule has 0 unspecified atom stereocenters. The van der Waals surface area contributed by atoms with Crippen molar-refractivity contribution < 1.29 is 14.6 Å². The molecular weight excluding hydrogens is 216 g/mol. The summed E-state index contributed by atoms with van der Waals surface area (Å²) in [5, 5.41) is 9.68. The van der Waals surface area contributed by atoms with Crippen molar-refractivity contribution in [3.63, 3.8) is 0 Å². The Hall–Kier alpha value is -1.22. The molecule has 15 heavy (non-hydrogen) atoms. The summed E-state index contributed by atoms with van der Waals surface area (Å²) in [5.41, 5.74) is 0.462. The second-order valence-electron chi connectivity index (χ2n) is 3.01. The lowest BCUT2D eigenvalue weighted by atomic mass is 10.1. The zero-order chi connectivity index (χ0) is 11.4. The summed E-state index contributed by atoms with van der Waals surface area (Å²) in [4.78, 5) is 11.4.